The largest absolute Gasteiger partial charge is 0.258 e. The number of aliphatic imine (C=N–C) groups is 2. The van der Waals surface area contributed by atoms with Gasteiger partial charge in [-0.15, -0.1) is 12.8 Å². The minimum atomic E-state index is -0.274. The third kappa shape index (κ3) is 16.2. The van der Waals surface area contributed by atoms with E-state index in [4.69, 9.17) is 22.8 Å². The Balaban J connectivity index is 0.00000169. The summed E-state index contributed by atoms with van der Waals surface area (Å²) in [4.78, 5) is 10.8. The molecule has 2 aliphatic carbocycles. The number of hydrogen-bond donors (Lipinski definition) is 0. The van der Waals surface area contributed by atoms with Crippen molar-refractivity contribution in [2.24, 2.45) is 27.7 Å². The van der Waals surface area contributed by atoms with Gasteiger partial charge in [-0.05, 0) is 139 Å². The highest BCUT2D eigenvalue weighted by molar-refractivity contribution is 6.27. The molecule has 3 atom stereocenters. The van der Waals surface area contributed by atoms with Crippen LogP contribution in [0.5, 0.6) is 0 Å². The molecular formula is C66H94N2. The predicted molar refractivity (Wildman–Crippen MR) is 307 cm³/mol. The van der Waals surface area contributed by atoms with Crippen LogP contribution in [0.25, 0.3) is 16.7 Å². The lowest BCUT2D eigenvalue weighted by Gasteiger charge is -2.20. The lowest BCUT2D eigenvalue weighted by Crippen LogP contribution is -2.12. The molecule has 3 unspecified atom stereocenters. The number of benzene rings is 3. The molecule has 2 aliphatic rings. The van der Waals surface area contributed by atoms with Crippen LogP contribution in [0.2, 0.25) is 0 Å². The van der Waals surface area contributed by atoms with E-state index in [1.807, 2.05) is 13.8 Å². The summed E-state index contributed by atoms with van der Waals surface area (Å²) in [6.07, 6.45) is 40.8. The van der Waals surface area contributed by atoms with Crippen LogP contribution in [-0.4, -0.2) is 11.5 Å². The first kappa shape index (κ1) is 57.7. The molecule has 68 heavy (non-hydrogen) atoms. The van der Waals surface area contributed by atoms with E-state index < -0.39 is 0 Å². The number of allylic oxidation sites excluding steroid dienone is 5. The molecule has 5 rings (SSSR count). The molecule has 4 radical (unpaired) electrons. The molecule has 2 heteroatoms. The fraction of sp³-hybridized carbons (Fsp3) is 0.515. The smallest absolute Gasteiger partial charge is 0.156 e. The molecule has 0 amide bonds. The summed E-state index contributed by atoms with van der Waals surface area (Å²) in [5.74, 6) is 9.16. The summed E-state index contributed by atoms with van der Waals surface area (Å²) in [6.45, 7) is 33.0. The molecule has 0 aromatic heterocycles. The zero-order valence-corrected chi connectivity index (χ0v) is 45.4. The van der Waals surface area contributed by atoms with Crippen molar-refractivity contribution in [3.8, 4) is 24.7 Å². The van der Waals surface area contributed by atoms with Crippen LogP contribution in [0.1, 0.15) is 243 Å². The quantitative estimate of drug-likeness (QED) is 0.0486. The lowest BCUT2D eigenvalue weighted by atomic mass is 9.87. The molecule has 0 bridgehead atoms. The van der Waals surface area contributed by atoms with Crippen LogP contribution < -0.4 is 0 Å². The van der Waals surface area contributed by atoms with Crippen LogP contribution in [-0.2, 0) is 6.42 Å². The standard InChI is InChI=1S/C55H66N2.C9H20.C2H6.2H/c1-12-18-23-42(14-3)30-29-37(7)48-31-33-51(46(16-5)38(48)8)41(11)57-55(56-40(10)50-28-22-26-44-25-20-21-27-52(44)50)53-34-32-49(39(9)47(53)17-6)54-36-45(54)35-43(15-4)24-19-13-2;1-4-7-8-9(5-2)6-3;1-2;;/h5-6,20-21,25,27-29,31-34,36,41-43H,7,12-15,18-19,22-24,26,30,35H2,1-4,8-11H3;9H,4-8H2,1-3H3;1-2H3;;. The van der Waals surface area contributed by atoms with Crippen LogP contribution in [0.4, 0.5) is 0 Å². The molecule has 3 aromatic rings. The average Bonchev–Trinajstić information content (AvgIpc) is 4.13. The molecule has 0 N–H and O–H groups in total. The summed E-state index contributed by atoms with van der Waals surface area (Å²) in [6, 6.07) is 17.1. The van der Waals surface area contributed by atoms with Crippen LogP contribution >= 0.6 is 0 Å². The summed E-state index contributed by atoms with van der Waals surface area (Å²) in [7, 11) is 0. The fourth-order valence-electron chi connectivity index (χ4n) is 9.85. The highest BCUT2D eigenvalue weighted by Crippen LogP contribution is 2.46. The van der Waals surface area contributed by atoms with Gasteiger partial charge in [0.2, 0.25) is 0 Å². The third-order valence-corrected chi connectivity index (χ3v) is 14.6. The van der Waals surface area contributed by atoms with Crippen LogP contribution in [0, 0.1) is 69.1 Å². The number of hydrogen-bond acceptors (Lipinski definition) is 1. The Hall–Kier alpha value is -4.66. The van der Waals surface area contributed by atoms with Gasteiger partial charge in [0.15, 0.2) is 5.84 Å². The number of terminal acetylenes is 2. The molecule has 0 heterocycles. The van der Waals surface area contributed by atoms with E-state index in [0.29, 0.717) is 11.8 Å². The van der Waals surface area contributed by atoms with Crippen LogP contribution in [0.3, 0.4) is 0 Å². The second-order valence-corrected chi connectivity index (χ2v) is 19.2. The normalized spacial score (nSPS) is 14.6. The maximum atomic E-state index is 6.41. The SMILES string of the molecule is C#Cc1c(C(N=C(C)C2=CCCc3ccccc32)=NC(C)c2ccc(C(=C)[CH]CC(CC)CCCC)c(C)c2C#C)ccc(C2=C(CC(CC)CCCC)[CH]2)c1C.CC.CCCCC(CC)CC.[H].[H]. The first-order valence-corrected chi connectivity index (χ1v) is 27.2. The number of nitrogens with zero attached hydrogens (tertiary/aromatic N) is 2. The average molecular weight is 915 g/mol. The van der Waals surface area contributed by atoms with Gasteiger partial charge < -0.3 is 0 Å². The Bertz CT molecular complexity index is 2280. The van der Waals surface area contributed by atoms with Gasteiger partial charge in [0.05, 0.1) is 6.04 Å². The number of fused-ring (bicyclic) bond motifs is 1. The Kier molecular flexibility index (Phi) is 26.1. The highest BCUT2D eigenvalue weighted by atomic mass is 14.9. The summed E-state index contributed by atoms with van der Waals surface area (Å²) in [5.41, 5.74) is 16.6. The van der Waals surface area contributed by atoms with E-state index in [-0.39, 0.29) is 8.90 Å². The lowest BCUT2D eigenvalue weighted by molar-refractivity contribution is 0.438. The minimum Gasteiger partial charge on any atom is -0.258 e. The van der Waals surface area contributed by atoms with Gasteiger partial charge in [0, 0.05) is 31.7 Å². The molecule has 0 saturated heterocycles. The summed E-state index contributed by atoms with van der Waals surface area (Å²) >= 11 is 0. The van der Waals surface area contributed by atoms with Crippen molar-refractivity contribution < 1.29 is 2.85 Å². The van der Waals surface area contributed by atoms with Crippen LogP contribution in [0.15, 0.2) is 76.7 Å². The van der Waals surface area contributed by atoms with Gasteiger partial charge in [-0.3, -0.25) is 4.99 Å². The minimum absolute atomic E-state index is 0. The van der Waals surface area contributed by atoms with Crippen molar-refractivity contribution in [1.29, 1.82) is 0 Å². The number of aryl methyl sites for hydroxylation is 1. The Morgan fingerprint density at radius 2 is 1.32 bits per heavy atom. The molecule has 0 spiro atoms. The van der Waals surface area contributed by atoms with Crippen molar-refractivity contribution in [2.75, 3.05) is 0 Å². The number of unbranched alkanes of at least 4 members (excludes halogenated alkanes) is 3. The number of rotatable bonds is 24. The van der Waals surface area contributed by atoms with Crippen molar-refractivity contribution in [2.45, 2.75) is 205 Å². The first-order chi connectivity index (χ1) is 32.9. The Morgan fingerprint density at radius 1 is 0.735 bits per heavy atom. The maximum Gasteiger partial charge on any atom is 0.156 e. The van der Waals surface area contributed by atoms with Crippen molar-refractivity contribution >= 4 is 28.3 Å². The number of amidine groups is 1. The van der Waals surface area contributed by atoms with E-state index >= 15 is 0 Å². The fourth-order valence-corrected chi connectivity index (χ4v) is 9.85. The predicted octanol–water partition coefficient (Wildman–Crippen LogP) is 19.5. The van der Waals surface area contributed by atoms with Gasteiger partial charge in [-0.2, -0.15) is 0 Å². The van der Waals surface area contributed by atoms with Gasteiger partial charge >= 0.3 is 0 Å². The third-order valence-electron chi connectivity index (χ3n) is 14.6. The molecular weight excluding hydrogens is 821 g/mol. The second kappa shape index (κ2) is 30.7. The molecule has 0 aliphatic heterocycles. The Labute approximate surface area is 422 Å². The highest BCUT2D eigenvalue weighted by Gasteiger charge is 2.29. The molecule has 3 aromatic carbocycles. The molecule has 0 saturated carbocycles. The molecule has 368 valence electrons. The Morgan fingerprint density at radius 3 is 1.93 bits per heavy atom. The molecule has 2 nitrogen and oxygen atoms in total. The van der Waals surface area contributed by atoms with Crippen molar-refractivity contribution in [3.05, 3.63) is 135 Å². The summed E-state index contributed by atoms with van der Waals surface area (Å²) < 4.78 is 0. The zero-order chi connectivity index (χ0) is 50.2. The van der Waals surface area contributed by atoms with Crippen molar-refractivity contribution in [3.63, 3.8) is 0 Å². The molecule has 0 fully saturated rings. The topological polar surface area (TPSA) is 24.7 Å². The van der Waals surface area contributed by atoms with E-state index in [2.05, 4.69) is 162 Å². The second-order valence-electron chi connectivity index (χ2n) is 19.2. The monoisotopic (exact) mass is 915 g/mol. The maximum absolute atomic E-state index is 6.41. The van der Waals surface area contributed by atoms with Gasteiger partial charge in [-0.25, -0.2) is 4.99 Å². The van der Waals surface area contributed by atoms with E-state index in [0.717, 1.165) is 93.3 Å². The van der Waals surface area contributed by atoms with Gasteiger partial charge in [0.25, 0.3) is 0 Å². The van der Waals surface area contributed by atoms with Gasteiger partial charge in [0.1, 0.15) is 0 Å². The van der Waals surface area contributed by atoms with E-state index in [9.17, 15) is 0 Å². The van der Waals surface area contributed by atoms with Gasteiger partial charge in [-0.1, -0.05) is 218 Å². The first-order valence-electron chi connectivity index (χ1n) is 27.2. The van der Waals surface area contributed by atoms with E-state index in [1.165, 1.54) is 111 Å². The summed E-state index contributed by atoms with van der Waals surface area (Å²) in [5, 5.41) is 0. The zero-order valence-electron chi connectivity index (χ0n) is 47.4. The van der Waals surface area contributed by atoms with Crippen molar-refractivity contribution in [1.82, 2.24) is 0 Å². The van der Waals surface area contributed by atoms with E-state index in [1.54, 1.807) is 0 Å².